The maximum absolute atomic E-state index is 12.1. The van der Waals surface area contributed by atoms with Gasteiger partial charge in [0.1, 0.15) is 12.4 Å². The van der Waals surface area contributed by atoms with Crippen molar-refractivity contribution in [2.24, 2.45) is 0 Å². The predicted octanol–water partition coefficient (Wildman–Crippen LogP) is 4.90. The molecule has 0 saturated heterocycles. The van der Waals surface area contributed by atoms with Crippen LogP contribution in [0.2, 0.25) is 0 Å². The number of aromatic nitrogens is 3. The zero-order valence-corrected chi connectivity index (χ0v) is 15.4. The summed E-state index contributed by atoms with van der Waals surface area (Å²) in [5, 5.41) is 9.22. The first-order valence-corrected chi connectivity index (χ1v) is 9.27. The summed E-state index contributed by atoms with van der Waals surface area (Å²) in [5.41, 5.74) is 1.74. The van der Waals surface area contributed by atoms with Gasteiger partial charge in [-0.25, -0.2) is 0 Å². The highest BCUT2D eigenvalue weighted by Crippen LogP contribution is 2.30. The molecular weight excluding hydrogens is 379 g/mol. The minimum absolute atomic E-state index is 0.0413. The van der Waals surface area contributed by atoms with Gasteiger partial charge in [0.25, 0.3) is 0 Å². The van der Waals surface area contributed by atoms with Crippen LogP contribution in [0, 0.1) is 6.92 Å². The lowest BCUT2D eigenvalue weighted by molar-refractivity contribution is -0.173. The number of furan rings is 1. The average molecular weight is 397 g/mol. The highest BCUT2D eigenvalue weighted by molar-refractivity contribution is 7.99. The van der Waals surface area contributed by atoms with E-state index in [2.05, 4.69) is 14.9 Å². The predicted molar refractivity (Wildman–Crippen MR) is 96.0 cm³/mol. The van der Waals surface area contributed by atoms with E-state index in [1.165, 1.54) is 11.8 Å². The Bertz CT molecular complexity index is 862. The molecule has 0 amide bonds. The SMILES string of the molecule is Cc1occc1-c1nnc(SCCCOCC(F)(F)F)n1-c1ccccc1. The van der Waals surface area contributed by atoms with Gasteiger partial charge in [-0.15, -0.1) is 10.2 Å². The highest BCUT2D eigenvalue weighted by Gasteiger charge is 2.27. The van der Waals surface area contributed by atoms with Crippen LogP contribution in [0.5, 0.6) is 0 Å². The fourth-order valence-electron chi connectivity index (χ4n) is 2.48. The fraction of sp³-hybridized carbons (Fsp3) is 0.333. The second-order valence-corrected chi connectivity index (χ2v) is 6.80. The molecule has 0 bridgehead atoms. The Hall–Kier alpha value is -2.26. The molecule has 3 aromatic rings. The van der Waals surface area contributed by atoms with Gasteiger partial charge in [0, 0.05) is 18.0 Å². The normalized spacial score (nSPS) is 11.9. The van der Waals surface area contributed by atoms with E-state index in [9.17, 15) is 13.2 Å². The summed E-state index contributed by atoms with van der Waals surface area (Å²) in [5.74, 6) is 1.95. The second-order valence-electron chi connectivity index (χ2n) is 5.74. The molecular formula is C18H18F3N3O2S. The van der Waals surface area contributed by atoms with Crippen molar-refractivity contribution in [3.05, 3.63) is 48.4 Å². The number of para-hydroxylation sites is 1. The zero-order valence-electron chi connectivity index (χ0n) is 14.6. The molecule has 9 heteroatoms. The van der Waals surface area contributed by atoms with Crippen LogP contribution in [0.15, 0.2) is 52.2 Å². The van der Waals surface area contributed by atoms with Gasteiger partial charge in [-0.2, -0.15) is 13.2 Å². The first-order valence-electron chi connectivity index (χ1n) is 8.28. The number of hydrogen-bond acceptors (Lipinski definition) is 5. The molecule has 2 aromatic heterocycles. The Labute approximate surface area is 158 Å². The molecule has 27 heavy (non-hydrogen) atoms. The summed E-state index contributed by atoms with van der Waals surface area (Å²) in [6.45, 7) is 0.672. The van der Waals surface area contributed by atoms with Crippen molar-refractivity contribution < 1.29 is 22.3 Å². The Balaban J connectivity index is 1.72. The van der Waals surface area contributed by atoms with Crippen molar-refractivity contribution in [1.82, 2.24) is 14.8 Å². The molecule has 0 aliphatic carbocycles. The molecule has 0 aliphatic heterocycles. The topological polar surface area (TPSA) is 53.1 Å². The van der Waals surface area contributed by atoms with E-state index in [-0.39, 0.29) is 6.61 Å². The summed E-state index contributed by atoms with van der Waals surface area (Å²) in [6.07, 6.45) is -2.22. The van der Waals surface area contributed by atoms with E-state index < -0.39 is 12.8 Å². The summed E-state index contributed by atoms with van der Waals surface area (Å²) in [7, 11) is 0. The smallest absolute Gasteiger partial charge is 0.411 e. The second kappa shape index (κ2) is 8.62. The number of aryl methyl sites for hydroxylation is 1. The summed E-state index contributed by atoms with van der Waals surface area (Å²) >= 11 is 1.42. The first-order chi connectivity index (χ1) is 13.0. The third-order valence-corrected chi connectivity index (χ3v) is 4.69. The van der Waals surface area contributed by atoms with Crippen LogP contribution in [0.4, 0.5) is 13.2 Å². The molecule has 0 aliphatic rings. The summed E-state index contributed by atoms with van der Waals surface area (Å²) in [4.78, 5) is 0. The van der Waals surface area contributed by atoms with Crippen LogP contribution >= 0.6 is 11.8 Å². The van der Waals surface area contributed by atoms with E-state index in [0.717, 1.165) is 17.0 Å². The van der Waals surface area contributed by atoms with Gasteiger partial charge < -0.3 is 9.15 Å². The van der Waals surface area contributed by atoms with E-state index >= 15 is 0 Å². The van der Waals surface area contributed by atoms with Crippen molar-refractivity contribution in [2.45, 2.75) is 24.7 Å². The van der Waals surface area contributed by atoms with Gasteiger partial charge in [-0.3, -0.25) is 4.57 Å². The molecule has 0 N–H and O–H groups in total. The number of rotatable bonds is 8. The van der Waals surface area contributed by atoms with Gasteiger partial charge in [0.15, 0.2) is 11.0 Å². The Kier molecular flexibility index (Phi) is 6.22. The van der Waals surface area contributed by atoms with Gasteiger partial charge in [-0.05, 0) is 31.5 Å². The quantitative estimate of drug-likeness (QED) is 0.400. The van der Waals surface area contributed by atoms with Crippen molar-refractivity contribution in [2.75, 3.05) is 19.0 Å². The number of benzene rings is 1. The van der Waals surface area contributed by atoms with Gasteiger partial charge in [0.05, 0.1) is 11.8 Å². The Morgan fingerprint density at radius 3 is 2.59 bits per heavy atom. The van der Waals surface area contributed by atoms with E-state index in [0.29, 0.717) is 23.2 Å². The standard InChI is InChI=1S/C18H18F3N3O2S/c1-13-15(8-10-26-13)16-22-23-17(24(16)14-6-3-2-4-7-14)27-11-5-9-25-12-18(19,20)21/h2-4,6-8,10H,5,9,11-12H2,1H3. The molecule has 0 atom stereocenters. The molecule has 0 radical (unpaired) electrons. The number of alkyl halides is 3. The number of hydrogen-bond donors (Lipinski definition) is 0. The van der Waals surface area contributed by atoms with Crippen LogP contribution < -0.4 is 0 Å². The van der Waals surface area contributed by atoms with Gasteiger partial charge in [-0.1, -0.05) is 30.0 Å². The first kappa shape index (κ1) is 19.5. The number of nitrogens with zero attached hydrogens (tertiary/aromatic N) is 3. The van der Waals surface area contributed by atoms with Crippen molar-refractivity contribution >= 4 is 11.8 Å². The number of thioether (sulfide) groups is 1. The average Bonchev–Trinajstić information content (AvgIpc) is 3.23. The molecule has 2 heterocycles. The molecule has 0 spiro atoms. The molecule has 3 rings (SSSR count). The minimum Gasteiger partial charge on any atom is -0.469 e. The maximum atomic E-state index is 12.1. The van der Waals surface area contributed by atoms with Crippen LogP contribution in [-0.4, -0.2) is 39.9 Å². The van der Waals surface area contributed by atoms with Gasteiger partial charge >= 0.3 is 6.18 Å². The minimum atomic E-state index is -4.29. The lowest BCUT2D eigenvalue weighted by Gasteiger charge is -2.10. The largest absolute Gasteiger partial charge is 0.469 e. The molecule has 0 fully saturated rings. The van der Waals surface area contributed by atoms with Crippen molar-refractivity contribution in [3.63, 3.8) is 0 Å². The fourth-order valence-corrected chi connectivity index (χ4v) is 3.34. The van der Waals surface area contributed by atoms with Crippen LogP contribution in [-0.2, 0) is 4.74 Å². The molecule has 1 aromatic carbocycles. The maximum Gasteiger partial charge on any atom is 0.411 e. The monoisotopic (exact) mass is 397 g/mol. The van der Waals surface area contributed by atoms with E-state index in [1.807, 2.05) is 47.9 Å². The lowest BCUT2D eigenvalue weighted by atomic mass is 10.2. The third-order valence-electron chi connectivity index (χ3n) is 3.68. The Morgan fingerprint density at radius 1 is 1.15 bits per heavy atom. The highest BCUT2D eigenvalue weighted by atomic mass is 32.2. The molecule has 0 unspecified atom stereocenters. The summed E-state index contributed by atoms with van der Waals surface area (Å²) in [6, 6.07) is 11.5. The summed E-state index contributed by atoms with van der Waals surface area (Å²) < 4.78 is 48.2. The Morgan fingerprint density at radius 2 is 1.93 bits per heavy atom. The molecule has 5 nitrogen and oxygen atoms in total. The van der Waals surface area contributed by atoms with Crippen molar-refractivity contribution in [3.8, 4) is 17.1 Å². The van der Waals surface area contributed by atoms with Gasteiger partial charge in [0.2, 0.25) is 0 Å². The van der Waals surface area contributed by atoms with Crippen LogP contribution in [0.25, 0.3) is 17.1 Å². The lowest BCUT2D eigenvalue weighted by Crippen LogP contribution is -2.17. The van der Waals surface area contributed by atoms with E-state index in [1.54, 1.807) is 6.26 Å². The molecule has 0 saturated carbocycles. The molecule has 144 valence electrons. The number of ether oxygens (including phenoxy) is 1. The van der Waals surface area contributed by atoms with Crippen LogP contribution in [0.1, 0.15) is 12.2 Å². The van der Waals surface area contributed by atoms with Crippen molar-refractivity contribution in [1.29, 1.82) is 0 Å². The number of halogens is 3. The van der Waals surface area contributed by atoms with Crippen LogP contribution in [0.3, 0.4) is 0 Å². The van der Waals surface area contributed by atoms with E-state index in [4.69, 9.17) is 4.42 Å². The zero-order chi connectivity index (χ0) is 19.3. The third kappa shape index (κ3) is 5.14.